The second kappa shape index (κ2) is 7.98. The normalized spacial score (nSPS) is 15.0. The highest BCUT2D eigenvalue weighted by molar-refractivity contribution is 7.12. The molecule has 2 N–H and O–H groups in total. The summed E-state index contributed by atoms with van der Waals surface area (Å²) in [5.74, 6) is 0.0477. The summed E-state index contributed by atoms with van der Waals surface area (Å²) in [6, 6.07) is 16.8. The van der Waals surface area contributed by atoms with Crippen LogP contribution in [0.2, 0.25) is 5.02 Å². The van der Waals surface area contributed by atoms with Crippen molar-refractivity contribution in [2.45, 2.75) is 6.04 Å². The predicted octanol–water partition coefficient (Wildman–Crippen LogP) is 5.44. The van der Waals surface area contributed by atoms with Crippen LogP contribution in [0.1, 0.15) is 26.8 Å². The number of thiophene rings is 1. The topological polar surface area (TPSA) is 71.8 Å². The van der Waals surface area contributed by atoms with Crippen LogP contribution >= 0.6 is 22.9 Å². The SMILES string of the molecule is O=C(Nc1nc2n(n1)[C@@H](c1ccc(F)cc1)C=C(c1ccc(Cl)cc1)N2)c1cccs1. The molecule has 0 saturated heterocycles. The van der Waals surface area contributed by atoms with Crippen molar-refractivity contribution in [3.8, 4) is 0 Å². The van der Waals surface area contributed by atoms with Crippen molar-refractivity contribution in [1.29, 1.82) is 0 Å². The summed E-state index contributed by atoms with van der Waals surface area (Å²) < 4.78 is 15.2. The van der Waals surface area contributed by atoms with Crippen molar-refractivity contribution in [2.24, 2.45) is 0 Å². The van der Waals surface area contributed by atoms with Crippen molar-refractivity contribution in [1.82, 2.24) is 14.8 Å². The second-order valence-electron chi connectivity index (χ2n) is 6.84. The summed E-state index contributed by atoms with van der Waals surface area (Å²) in [4.78, 5) is 17.4. The zero-order valence-electron chi connectivity index (χ0n) is 15.9. The molecule has 3 heterocycles. The van der Waals surface area contributed by atoms with Crippen molar-refractivity contribution in [3.05, 3.63) is 99.0 Å². The van der Waals surface area contributed by atoms with Crippen LogP contribution in [-0.2, 0) is 0 Å². The van der Waals surface area contributed by atoms with Crippen LogP contribution < -0.4 is 10.6 Å². The first-order valence-electron chi connectivity index (χ1n) is 9.38. The molecule has 2 aromatic carbocycles. The van der Waals surface area contributed by atoms with Crippen LogP contribution in [0.25, 0.3) is 5.70 Å². The summed E-state index contributed by atoms with van der Waals surface area (Å²) in [5, 5.41) is 12.9. The molecule has 2 aromatic heterocycles. The van der Waals surface area contributed by atoms with Gasteiger partial charge in [-0.15, -0.1) is 16.4 Å². The first-order valence-corrected chi connectivity index (χ1v) is 10.6. The molecule has 31 heavy (non-hydrogen) atoms. The van der Waals surface area contributed by atoms with Gasteiger partial charge in [-0.25, -0.2) is 9.07 Å². The molecule has 0 spiro atoms. The number of nitrogens with zero attached hydrogens (tertiary/aromatic N) is 3. The number of hydrogen-bond donors (Lipinski definition) is 2. The van der Waals surface area contributed by atoms with Gasteiger partial charge in [0.05, 0.1) is 4.88 Å². The molecular weight excluding hydrogens is 437 g/mol. The van der Waals surface area contributed by atoms with Gasteiger partial charge in [0.2, 0.25) is 5.95 Å². The van der Waals surface area contributed by atoms with Gasteiger partial charge in [-0.3, -0.25) is 10.1 Å². The minimum atomic E-state index is -0.345. The third kappa shape index (κ3) is 3.95. The lowest BCUT2D eigenvalue weighted by Crippen LogP contribution is -2.20. The number of fused-ring (bicyclic) bond motifs is 1. The van der Waals surface area contributed by atoms with E-state index in [9.17, 15) is 9.18 Å². The number of benzene rings is 2. The Morgan fingerprint density at radius 3 is 2.61 bits per heavy atom. The van der Waals surface area contributed by atoms with E-state index in [1.165, 1.54) is 23.5 Å². The highest BCUT2D eigenvalue weighted by atomic mass is 35.5. The lowest BCUT2D eigenvalue weighted by atomic mass is 10.0. The average Bonchev–Trinajstić information content (AvgIpc) is 3.44. The Labute approximate surface area is 186 Å². The molecule has 5 rings (SSSR count). The minimum Gasteiger partial charge on any atom is -0.324 e. The van der Waals surface area contributed by atoms with Crippen LogP contribution in [0.3, 0.4) is 0 Å². The number of rotatable bonds is 4. The Hall–Kier alpha value is -3.49. The number of hydrogen-bond acceptors (Lipinski definition) is 5. The van der Waals surface area contributed by atoms with E-state index in [0.717, 1.165) is 16.8 Å². The maximum absolute atomic E-state index is 13.5. The summed E-state index contributed by atoms with van der Waals surface area (Å²) in [7, 11) is 0. The molecule has 1 atom stereocenters. The lowest BCUT2D eigenvalue weighted by molar-refractivity contribution is 0.102. The summed E-state index contributed by atoms with van der Waals surface area (Å²) >= 11 is 7.36. The number of allylic oxidation sites excluding steroid dienone is 1. The average molecular weight is 452 g/mol. The van der Waals surface area contributed by atoms with Crippen LogP contribution in [0.5, 0.6) is 0 Å². The van der Waals surface area contributed by atoms with Gasteiger partial charge < -0.3 is 5.32 Å². The van der Waals surface area contributed by atoms with Crippen molar-refractivity contribution in [2.75, 3.05) is 10.6 Å². The molecule has 154 valence electrons. The van der Waals surface area contributed by atoms with Gasteiger partial charge in [0.15, 0.2) is 0 Å². The molecule has 0 aliphatic carbocycles. The largest absolute Gasteiger partial charge is 0.324 e. The highest BCUT2D eigenvalue weighted by Gasteiger charge is 2.26. The van der Waals surface area contributed by atoms with Gasteiger partial charge in [0.25, 0.3) is 11.9 Å². The second-order valence-corrected chi connectivity index (χ2v) is 8.23. The Kier molecular flexibility index (Phi) is 5.01. The molecule has 1 aliphatic rings. The molecule has 0 radical (unpaired) electrons. The maximum atomic E-state index is 13.5. The quantitative estimate of drug-likeness (QED) is 0.433. The Morgan fingerprint density at radius 2 is 1.90 bits per heavy atom. The van der Waals surface area contributed by atoms with Gasteiger partial charge in [-0.2, -0.15) is 4.98 Å². The molecule has 4 aromatic rings. The third-order valence-electron chi connectivity index (χ3n) is 4.80. The molecule has 9 heteroatoms. The summed E-state index contributed by atoms with van der Waals surface area (Å²) in [6.07, 6.45) is 1.98. The van der Waals surface area contributed by atoms with Gasteiger partial charge in [0, 0.05) is 10.7 Å². The number of anilines is 2. The van der Waals surface area contributed by atoms with E-state index >= 15 is 0 Å². The van der Waals surface area contributed by atoms with E-state index < -0.39 is 0 Å². The Balaban J connectivity index is 1.53. The maximum Gasteiger partial charge on any atom is 0.268 e. The van der Waals surface area contributed by atoms with E-state index in [1.807, 2.05) is 23.6 Å². The molecule has 0 unspecified atom stereocenters. The van der Waals surface area contributed by atoms with Gasteiger partial charge in [0.1, 0.15) is 11.9 Å². The monoisotopic (exact) mass is 451 g/mol. The van der Waals surface area contributed by atoms with Gasteiger partial charge in [-0.1, -0.05) is 41.9 Å². The first-order chi connectivity index (χ1) is 15.1. The molecule has 0 saturated carbocycles. The van der Waals surface area contributed by atoms with Crippen molar-refractivity contribution >= 4 is 46.4 Å². The van der Waals surface area contributed by atoms with E-state index in [1.54, 1.807) is 41.1 Å². The lowest BCUT2D eigenvalue weighted by Gasteiger charge is -2.24. The smallest absolute Gasteiger partial charge is 0.268 e. The Morgan fingerprint density at radius 1 is 1.13 bits per heavy atom. The molecule has 0 fully saturated rings. The first kappa shape index (κ1) is 19.5. The van der Waals surface area contributed by atoms with E-state index in [2.05, 4.69) is 20.7 Å². The molecule has 0 bridgehead atoms. The fraction of sp³-hybridized carbons (Fsp3) is 0.0455. The minimum absolute atomic E-state index is 0.179. The summed E-state index contributed by atoms with van der Waals surface area (Å²) in [5.41, 5.74) is 2.55. The summed E-state index contributed by atoms with van der Waals surface area (Å²) in [6.45, 7) is 0. The molecular formula is C22H15ClFN5OS. The number of aromatic nitrogens is 3. The number of carbonyl (C=O) groups is 1. The number of nitrogens with one attached hydrogen (secondary N) is 2. The standard InChI is InChI=1S/C22H15ClFN5OS/c23-15-7-3-13(4-8-15)17-12-18(14-5-9-16(24)10-6-14)29-22(25-17)27-21(28-29)26-20(30)19-2-1-11-31-19/h1-12,18H,(H2,25,26,27,28,30)/t18-/m1/s1. The van der Waals surface area contributed by atoms with Crippen LogP contribution in [0.15, 0.2) is 72.1 Å². The number of halogens is 2. The highest BCUT2D eigenvalue weighted by Crippen LogP contribution is 2.33. The molecule has 1 aliphatic heterocycles. The van der Waals surface area contributed by atoms with E-state index in [0.29, 0.717) is 15.8 Å². The van der Waals surface area contributed by atoms with E-state index in [-0.39, 0.29) is 23.7 Å². The van der Waals surface area contributed by atoms with E-state index in [4.69, 9.17) is 11.6 Å². The molecule has 1 amide bonds. The van der Waals surface area contributed by atoms with Crippen molar-refractivity contribution < 1.29 is 9.18 Å². The Bertz CT molecular complexity index is 1270. The van der Waals surface area contributed by atoms with Gasteiger partial charge in [-0.05, 0) is 52.9 Å². The predicted molar refractivity (Wildman–Crippen MR) is 120 cm³/mol. The fourth-order valence-electron chi connectivity index (χ4n) is 3.31. The molecule has 6 nitrogen and oxygen atoms in total. The zero-order valence-corrected chi connectivity index (χ0v) is 17.5. The fourth-order valence-corrected chi connectivity index (χ4v) is 4.06. The zero-order chi connectivity index (χ0) is 21.4. The number of amides is 1. The van der Waals surface area contributed by atoms with Crippen LogP contribution in [0.4, 0.5) is 16.3 Å². The van der Waals surface area contributed by atoms with Crippen LogP contribution in [0, 0.1) is 5.82 Å². The number of carbonyl (C=O) groups excluding carboxylic acids is 1. The van der Waals surface area contributed by atoms with Gasteiger partial charge >= 0.3 is 0 Å². The van der Waals surface area contributed by atoms with Crippen molar-refractivity contribution in [3.63, 3.8) is 0 Å². The van der Waals surface area contributed by atoms with Crippen LogP contribution in [-0.4, -0.2) is 20.7 Å². The third-order valence-corrected chi connectivity index (χ3v) is 5.92.